The monoisotopic (exact) mass is 148 g/mol. The number of aryl methyl sites for hydroxylation is 1. The molecule has 2 aromatic rings. The Balaban J connectivity index is 2.93. The van der Waals surface area contributed by atoms with Crippen molar-refractivity contribution in [2.75, 3.05) is 0 Å². The van der Waals surface area contributed by atoms with Gasteiger partial charge in [-0.3, -0.25) is 0 Å². The van der Waals surface area contributed by atoms with Crippen molar-refractivity contribution in [2.45, 2.75) is 6.92 Å². The lowest BCUT2D eigenvalue weighted by Crippen LogP contribution is -1.73. The second-order valence-corrected chi connectivity index (χ2v) is 2.57. The number of aromatic hydroxyl groups is 1. The smallest absolute Gasteiger partial charge is 0.175 e. The average Bonchev–Trinajstić information content (AvgIpc) is 2.45. The molecule has 0 amide bonds. The van der Waals surface area contributed by atoms with E-state index in [2.05, 4.69) is 0 Å². The topological polar surface area (TPSA) is 33.4 Å². The van der Waals surface area contributed by atoms with Crippen LogP contribution in [0.5, 0.6) is 5.75 Å². The van der Waals surface area contributed by atoms with Gasteiger partial charge in [-0.25, -0.2) is 0 Å². The van der Waals surface area contributed by atoms with E-state index in [1.165, 1.54) is 0 Å². The molecule has 1 aromatic carbocycles. The van der Waals surface area contributed by atoms with E-state index >= 15 is 0 Å². The largest absolute Gasteiger partial charge is 0.504 e. The van der Waals surface area contributed by atoms with Crippen molar-refractivity contribution in [1.82, 2.24) is 0 Å². The van der Waals surface area contributed by atoms with Gasteiger partial charge in [0, 0.05) is 5.39 Å². The Hall–Kier alpha value is -1.44. The molecule has 1 aromatic heterocycles. The molecule has 0 atom stereocenters. The highest BCUT2D eigenvalue weighted by molar-refractivity contribution is 5.83. The van der Waals surface area contributed by atoms with Gasteiger partial charge < -0.3 is 9.52 Å². The molecular formula is C9H8O2. The summed E-state index contributed by atoms with van der Waals surface area (Å²) in [5.74, 6) is 0.243. The number of furan rings is 1. The van der Waals surface area contributed by atoms with Crippen LogP contribution in [0.15, 0.2) is 28.9 Å². The second-order valence-electron chi connectivity index (χ2n) is 2.57. The van der Waals surface area contributed by atoms with Crippen LogP contribution in [0.2, 0.25) is 0 Å². The fourth-order valence-corrected chi connectivity index (χ4v) is 1.12. The summed E-state index contributed by atoms with van der Waals surface area (Å²) in [6.07, 6.45) is 1.57. The van der Waals surface area contributed by atoms with Crippen LogP contribution >= 0.6 is 0 Å². The van der Waals surface area contributed by atoms with Crippen LogP contribution in [0.3, 0.4) is 0 Å². The number of hydrogen-bond donors (Lipinski definition) is 1. The molecule has 0 fully saturated rings. The van der Waals surface area contributed by atoms with Gasteiger partial charge in [-0.2, -0.15) is 0 Å². The third kappa shape index (κ3) is 0.792. The van der Waals surface area contributed by atoms with Gasteiger partial charge in [0.25, 0.3) is 0 Å². The van der Waals surface area contributed by atoms with Crippen molar-refractivity contribution in [3.63, 3.8) is 0 Å². The molecule has 0 unspecified atom stereocenters. The molecule has 0 aliphatic carbocycles. The predicted octanol–water partition coefficient (Wildman–Crippen LogP) is 2.45. The minimum Gasteiger partial charge on any atom is -0.504 e. The fraction of sp³-hybridized carbons (Fsp3) is 0.111. The number of phenols is 1. The van der Waals surface area contributed by atoms with Crippen molar-refractivity contribution < 1.29 is 9.52 Å². The molecule has 56 valence electrons. The number of rotatable bonds is 0. The quantitative estimate of drug-likeness (QED) is 0.622. The van der Waals surface area contributed by atoms with Gasteiger partial charge in [0.15, 0.2) is 11.3 Å². The van der Waals surface area contributed by atoms with Crippen LogP contribution in [0.1, 0.15) is 5.56 Å². The lowest BCUT2D eigenvalue weighted by molar-refractivity contribution is 0.461. The normalized spacial score (nSPS) is 10.6. The summed E-state index contributed by atoms with van der Waals surface area (Å²) in [7, 11) is 0. The standard InChI is InChI=1S/C9H8O2/c1-6-2-3-7-4-5-11-9(7)8(6)10/h2-5,10H,1H3. The summed E-state index contributed by atoms with van der Waals surface area (Å²) in [6.45, 7) is 1.84. The number of fused-ring (bicyclic) bond motifs is 1. The fourth-order valence-electron chi connectivity index (χ4n) is 1.12. The van der Waals surface area contributed by atoms with Crippen LogP contribution < -0.4 is 0 Å². The van der Waals surface area contributed by atoms with Crippen molar-refractivity contribution in [1.29, 1.82) is 0 Å². The Morgan fingerprint density at radius 1 is 1.27 bits per heavy atom. The minimum absolute atomic E-state index is 0.243. The number of phenolic OH excluding ortho intramolecular Hbond substituents is 1. The van der Waals surface area contributed by atoms with E-state index < -0.39 is 0 Å². The van der Waals surface area contributed by atoms with Crippen LogP contribution in [0.4, 0.5) is 0 Å². The molecule has 2 rings (SSSR count). The first-order chi connectivity index (χ1) is 5.29. The van der Waals surface area contributed by atoms with E-state index in [1.807, 2.05) is 25.1 Å². The summed E-state index contributed by atoms with van der Waals surface area (Å²) in [5.41, 5.74) is 1.41. The van der Waals surface area contributed by atoms with Crippen molar-refractivity contribution in [2.24, 2.45) is 0 Å². The van der Waals surface area contributed by atoms with Gasteiger partial charge in [0.1, 0.15) is 0 Å². The molecule has 11 heavy (non-hydrogen) atoms. The SMILES string of the molecule is Cc1ccc2ccoc2c1O. The first kappa shape index (κ1) is 6.28. The molecule has 0 bridgehead atoms. The summed E-state index contributed by atoms with van der Waals surface area (Å²) >= 11 is 0. The van der Waals surface area contributed by atoms with Gasteiger partial charge >= 0.3 is 0 Å². The molecule has 0 saturated carbocycles. The number of benzene rings is 1. The van der Waals surface area contributed by atoms with Gasteiger partial charge in [0.2, 0.25) is 0 Å². The molecular weight excluding hydrogens is 140 g/mol. The molecule has 2 nitrogen and oxygen atoms in total. The molecule has 0 spiro atoms. The van der Waals surface area contributed by atoms with E-state index in [-0.39, 0.29) is 5.75 Å². The Labute approximate surface area is 64.1 Å². The first-order valence-corrected chi connectivity index (χ1v) is 3.45. The highest BCUT2D eigenvalue weighted by atomic mass is 16.3. The van der Waals surface area contributed by atoms with E-state index in [0.717, 1.165) is 10.9 Å². The molecule has 0 saturated heterocycles. The van der Waals surface area contributed by atoms with Crippen molar-refractivity contribution in [3.05, 3.63) is 30.0 Å². The lowest BCUT2D eigenvalue weighted by atomic mass is 10.2. The molecule has 0 radical (unpaired) electrons. The van der Waals surface area contributed by atoms with E-state index in [0.29, 0.717) is 5.58 Å². The zero-order valence-electron chi connectivity index (χ0n) is 6.16. The third-order valence-electron chi connectivity index (χ3n) is 1.80. The van der Waals surface area contributed by atoms with Gasteiger partial charge in [-0.15, -0.1) is 0 Å². The molecule has 1 heterocycles. The van der Waals surface area contributed by atoms with Gasteiger partial charge in [-0.1, -0.05) is 12.1 Å². The minimum atomic E-state index is 0.243. The Bertz CT molecular complexity index is 387. The van der Waals surface area contributed by atoms with E-state index in [1.54, 1.807) is 6.26 Å². The number of hydrogen-bond acceptors (Lipinski definition) is 2. The van der Waals surface area contributed by atoms with Crippen molar-refractivity contribution in [3.8, 4) is 5.75 Å². The molecule has 0 aliphatic heterocycles. The third-order valence-corrected chi connectivity index (χ3v) is 1.80. The molecule has 0 aliphatic rings. The van der Waals surface area contributed by atoms with Crippen LogP contribution in [-0.4, -0.2) is 5.11 Å². The summed E-state index contributed by atoms with van der Waals surface area (Å²) in [4.78, 5) is 0. The lowest BCUT2D eigenvalue weighted by Gasteiger charge is -1.96. The highest BCUT2D eigenvalue weighted by Crippen LogP contribution is 2.28. The van der Waals surface area contributed by atoms with Crippen LogP contribution in [0.25, 0.3) is 11.0 Å². The van der Waals surface area contributed by atoms with Gasteiger partial charge in [-0.05, 0) is 18.6 Å². The second kappa shape index (κ2) is 2.02. The highest BCUT2D eigenvalue weighted by Gasteiger charge is 2.04. The first-order valence-electron chi connectivity index (χ1n) is 3.45. The zero-order chi connectivity index (χ0) is 7.84. The maximum Gasteiger partial charge on any atom is 0.175 e. The van der Waals surface area contributed by atoms with E-state index in [4.69, 9.17) is 4.42 Å². The maximum atomic E-state index is 9.45. The average molecular weight is 148 g/mol. The maximum absolute atomic E-state index is 9.45. The van der Waals surface area contributed by atoms with Gasteiger partial charge in [0.05, 0.1) is 6.26 Å². The summed E-state index contributed by atoms with van der Waals surface area (Å²) in [6, 6.07) is 5.62. The van der Waals surface area contributed by atoms with Crippen molar-refractivity contribution >= 4 is 11.0 Å². The molecule has 1 N–H and O–H groups in total. The van der Waals surface area contributed by atoms with Crippen LogP contribution in [0, 0.1) is 6.92 Å². The zero-order valence-corrected chi connectivity index (χ0v) is 6.16. The molecule has 2 heteroatoms. The van der Waals surface area contributed by atoms with E-state index in [9.17, 15) is 5.11 Å². The van der Waals surface area contributed by atoms with Crippen LogP contribution in [-0.2, 0) is 0 Å². The predicted molar refractivity (Wildman–Crippen MR) is 42.6 cm³/mol. The summed E-state index contributed by atoms with van der Waals surface area (Å²) < 4.78 is 5.08. The Kier molecular flexibility index (Phi) is 1.15. The Morgan fingerprint density at radius 2 is 2.09 bits per heavy atom. The Morgan fingerprint density at radius 3 is 2.91 bits per heavy atom. The summed E-state index contributed by atoms with van der Waals surface area (Å²) in [5, 5.41) is 10.4.